The Morgan fingerprint density at radius 3 is 2.83 bits per heavy atom. The molecular formula is C13H19N3O2. The molecule has 0 fully saturated rings. The predicted octanol–water partition coefficient (Wildman–Crippen LogP) is 1.39. The molecule has 0 bridgehead atoms. The van der Waals surface area contributed by atoms with Gasteiger partial charge in [0.2, 0.25) is 0 Å². The minimum atomic E-state index is -0.300. The molecule has 0 aromatic carbocycles. The van der Waals surface area contributed by atoms with E-state index in [4.69, 9.17) is 0 Å². The molecule has 98 valence electrons. The Balaban J connectivity index is 2.58. The molecule has 0 spiro atoms. The van der Waals surface area contributed by atoms with Crippen LogP contribution in [0.1, 0.15) is 27.2 Å². The van der Waals surface area contributed by atoms with Crippen LogP contribution in [0.5, 0.6) is 0 Å². The van der Waals surface area contributed by atoms with Crippen molar-refractivity contribution in [1.82, 2.24) is 9.99 Å². The van der Waals surface area contributed by atoms with Crippen LogP contribution >= 0.6 is 0 Å². The Hall–Kier alpha value is -1.91. The zero-order valence-electron chi connectivity index (χ0n) is 11.0. The molecule has 1 N–H and O–H groups in total. The average Bonchev–Trinajstić information content (AvgIpc) is 2.37. The summed E-state index contributed by atoms with van der Waals surface area (Å²) >= 11 is 0. The van der Waals surface area contributed by atoms with Crippen LogP contribution in [0.25, 0.3) is 0 Å². The van der Waals surface area contributed by atoms with Crippen molar-refractivity contribution >= 4 is 11.6 Å². The number of nitrogens with one attached hydrogen (secondary N) is 1. The van der Waals surface area contributed by atoms with E-state index in [0.29, 0.717) is 5.92 Å². The van der Waals surface area contributed by atoms with Crippen LogP contribution in [-0.4, -0.2) is 16.2 Å². The van der Waals surface area contributed by atoms with Gasteiger partial charge in [0.25, 0.3) is 11.5 Å². The quantitative estimate of drug-likeness (QED) is 0.633. The van der Waals surface area contributed by atoms with E-state index in [1.165, 1.54) is 10.6 Å². The van der Waals surface area contributed by atoms with Gasteiger partial charge in [-0.15, -0.1) is 0 Å². The number of nitrogens with zero attached hydrogens (tertiary/aromatic N) is 2. The van der Waals surface area contributed by atoms with Gasteiger partial charge in [0, 0.05) is 18.0 Å². The van der Waals surface area contributed by atoms with E-state index in [1.54, 1.807) is 18.3 Å². The van der Waals surface area contributed by atoms with E-state index in [-0.39, 0.29) is 18.0 Å². The number of carbonyl (C=O) groups is 1. The summed E-state index contributed by atoms with van der Waals surface area (Å²) in [4.78, 5) is 23.0. The lowest BCUT2D eigenvalue weighted by Gasteiger charge is -2.08. The Morgan fingerprint density at radius 2 is 2.22 bits per heavy atom. The zero-order valence-corrected chi connectivity index (χ0v) is 11.0. The molecule has 0 unspecified atom stereocenters. The summed E-state index contributed by atoms with van der Waals surface area (Å²) in [6, 6.07) is 4.77. The van der Waals surface area contributed by atoms with E-state index in [2.05, 4.69) is 17.5 Å². The molecule has 1 aromatic heterocycles. The standard InChI is InChI=1S/C13H19N3O2/c1-4-10(2)11(3)14-15-12(17)9-16-8-6-5-7-13(16)18/h5-8,10H,4,9H2,1-3H3,(H,15,17)/b14-11-/t10-/m0/s1. The second kappa shape index (κ2) is 6.74. The number of carbonyl (C=O) groups excluding carboxylic acids is 1. The maximum absolute atomic E-state index is 11.6. The molecule has 0 aliphatic carbocycles. The molecule has 5 heteroatoms. The van der Waals surface area contributed by atoms with Gasteiger partial charge in [0.15, 0.2) is 0 Å². The molecule has 1 heterocycles. The molecule has 1 aromatic rings. The van der Waals surface area contributed by atoms with Crippen LogP contribution in [0.2, 0.25) is 0 Å². The van der Waals surface area contributed by atoms with Gasteiger partial charge in [-0.1, -0.05) is 19.9 Å². The summed E-state index contributed by atoms with van der Waals surface area (Å²) in [5.41, 5.74) is 3.14. The molecule has 1 amide bonds. The Kier molecular flexibility index (Phi) is 5.30. The third-order valence-electron chi connectivity index (χ3n) is 2.90. The van der Waals surface area contributed by atoms with Crippen molar-refractivity contribution in [3.8, 4) is 0 Å². The van der Waals surface area contributed by atoms with E-state index < -0.39 is 0 Å². The number of hydrazone groups is 1. The summed E-state index contributed by atoms with van der Waals surface area (Å²) in [6.07, 6.45) is 2.55. The van der Waals surface area contributed by atoms with Gasteiger partial charge in [-0.2, -0.15) is 5.10 Å². The highest BCUT2D eigenvalue weighted by atomic mass is 16.2. The molecule has 5 nitrogen and oxygen atoms in total. The maximum atomic E-state index is 11.6. The van der Waals surface area contributed by atoms with E-state index >= 15 is 0 Å². The fourth-order valence-corrected chi connectivity index (χ4v) is 1.34. The van der Waals surface area contributed by atoms with Gasteiger partial charge < -0.3 is 4.57 Å². The smallest absolute Gasteiger partial charge is 0.260 e. The number of rotatable bonds is 5. The summed E-state index contributed by atoms with van der Waals surface area (Å²) in [7, 11) is 0. The highest BCUT2D eigenvalue weighted by Gasteiger charge is 2.05. The molecule has 0 saturated heterocycles. The van der Waals surface area contributed by atoms with Crippen LogP contribution in [0.3, 0.4) is 0 Å². The van der Waals surface area contributed by atoms with E-state index in [1.807, 2.05) is 13.8 Å². The maximum Gasteiger partial charge on any atom is 0.260 e. The number of hydrogen-bond acceptors (Lipinski definition) is 3. The summed E-state index contributed by atoms with van der Waals surface area (Å²) in [6.45, 7) is 5.97. The van der Waals surface area contributed by atoms with Crippen molar-refractivity contribution in [2.24, 2.45) is 11.0 Å². The van der Waals surface area contributed by atoms with E-state index in [9.17, 15) is 9.59 Å². The van der Waals surface area contributed by atoms with Gasteiger partial charge in [0.1, 0.15) is 6.54 Å². The lowest BCUT2D eigenvalue weighted by atomic mass is 10.1. The Morgan fingerprint density at radius 1 is 1.50 bits per heavy atom. The zero-order chi connectivity index (χ0) is 13.5. The molecule has 1 atom stereocenters. The van der Waals surface area contributed by atoms with Gasteiger partial charge in [-0.05, 0) is 25.3 Å². The minimum absolute atomic E-state index is 0.0169. The second-order valence-electron chi connectivity index (χ2n) is 4.26. The van der Waals surface area contributed by atoms with Crippen molar-refractivity contribution in [3.05, 3.63) is 34.7 Å². The SMILES string of the molecule is CC[C@H](C)/C(C)=N\NC(=O)Cn1ccccc1=O. The van der Waals surface area contributed by atoms with Crippen molar-refractivity contribution in [1.29, 1.82) is 0 Å². The average molecular weight is 249 g/mol. The second-order valence-corrected chi connectivity index (χ2v) is 4.26. The van der Waals surface area contributed by atoms with Gasteiger partial charge in [-0.25, -0.2) is 5.43 Å². The summed E-state index contributed by atoms with van der Waals surface area (Å²) in [5.74, 6) is 0.0377. The normalized spacial score (nSPS) is 13.2. The van der Waals surface area contributed by atoms with Crippen molar-refractivity contribution in [2.45, 2.75) is 33.7 Å². The van der Waals surface area contributed by atoms with Crippen molar-refractivity contribution in [3.63, 3.8) is 0 Å². The third kappa shape index (κ3) is 4.16. The highest BCUT2D eigenvalue weighted by molar-refractivity contribution is 5.85. The first kappa shape index (κ1) is 14.2. The fourth-order valence-electron chi connectivity index (χ4n) is 1.34. The number of aromatic nitrogens is 1. The van der Waals surface area contributed by atoms with Crippen molar-refractivity contribution in [2.75, 3.05) is 0 Å². The Labute approximate surface area is 107 Å². The van der Waals surface area contributed by atoms with E-state index in [0.717, 1.165) is 12.1 Å². The molecule has 0 aliphatic rings. The van der Waals surface area contributed by atoms with Crippen LogP contribution in [0.4, 0.5) is 0 Å². The monoisotopic (exact) mass is 249 g/mol. The third-order valence-corrected chi connectivity index (χ3v) is 2.90. The molecule has 0 aliphatic heterocycles. The molecule has 1 rings (SSSR count). The van der Waals surface area contributed by atoms with Gasteiger partial charge in [-0.3, -0.25) is 9.59 Å². The fraction of sp³-hybridized carbons (Fsp3) is 0.462. The van der Waals surface area contributed by atoms with Crippen LogP contribution in [0, 0.1) is 5.92 Å². The van der Waals surface area contributed by atoms with Gasteiger partial charge >= 0.3 is 0 Å². The van der Waals surface area contributed by atoms with Crippen LogP contribution in [0.15, 0.2) is 34.3 Å². The molecule has 0 radical (unpaired) electrons. The molecular weight excluding hydrogens is 230 g/mol. The van der Waals surface area contributed by atoms with Crippen LogP contribution < -0.4 is 11.0 Å². The predicted molar refractivity (Wildman–Crippen MR) is 71.4 cm³/mol. The first-order chi connectivity index (χ1) is 8.54. The first-order valence-corrected chi connectivity index (χ1v) is 6.03. The van der Waals surface area contributed by atoms with Crippen molar-refractivity contribution < 1.29 is 4.79 Å². The number of amides is 1. The first-order valence-electron chi connectivity index (χ1n) is 6.03. The topological polar surface area (TPSA) is 63.5 Å². The lowest BCUT2D eigenvalue weighted by molar-refractivity contribution is -0.121. The summed E-state index contributed by atoms with van der Waals surface area (Å²) < 4.78 is 1.34. The molecule has 0 saturated carbocycles. The van der Waals surface area contributed by atoms with Gasteiger partial charge in [0.05, 0.1) is 0 Å². The largest absolute Gasteiger partial charge is 0.306 e. The van der Waals surface area contributed by atoms with Crippen LogP contribution in [-0.2, 0) is 11.3 Å². The number of hydrogen-bond donors (Lipinski definition) is 1. The lowest BCUT2D eigenvalue weighted by Crippen LogP contribution is -2.29. The number of pyridine rings is 1. The molecule has 18 heavy (non-hydrogen) atoms. The summed E-state index contributed by atoms with van der Waals surface area (Å²) in [5, 5.41) is 4.02. The highest BCUT2D eigenvalue weighted by Crippen LogP contribution is 2.02. The minimum Gasteiger partial charge on any atom is -0.306 e. The Bertz CT molecular complexity index is 491.